The van der Waals surface area contributed by atoms with E-state index in [-0.39, 0.29) is 0 Å². The molecule has 0 aromatic heterocycles. The highest BCUT2D eigenvalue weighted by Gasteiger charge is 2.17. The minimum absolute atomic E-state index is 0.631. The average Bonchev–Trinajstić information content (AvgIpc) is 2.68. The lowest BCUT2D eigenvalue weighted by molar-refractivity contribution is 0.991. The van der Waals surface area contributed by atoms with Crippen molar-refractivity contribution in [2.45, 2.75) is 6.92 Å². The molecule has 0 saturated heterocycles. The van der Waals surface area contributed by atoms with Crippen molar-refractivity contribution < 1.29 is 0 Å². The van der Waals surface area contributed by atoms with Crippen molar-refractivity contribution >= 4 is 29.0 Å². The molecular formula is C16H15ClN4. The van der Waals surface area contributed by atoms with E-state index in [0.29, 0.717) is 17.5 Å². The van der Waals surface area contributed by atoms with Crippen molar-refractivity contribution in [2.75, 3.05) is 11.9 Å². The standard InChI is InChI=1S/C16H15ClN4/c1-2-18-16-19-14-9-8-12(17)10-13(14)15(20-21-16)11-6-4-3-5-7-11/h3-10H,2H2,1H3,(H2,18,19,21). The Morgan fingerprint density at radius 2 is 1.95 bits per heavy atom. The number of guanidine groups is 1. The molecule has 0 fully saturated rings. The molecule has 2 aromatic carbocycles. The summed E-state index contributed by atoms with van der Waals surface area (Å²) in [4.78, 5) is 4.35. The molecular weight excluding hydrogens is 284 g/mol. The van der Waals surface area contributed by atoms with Gasteiger partial charge in [0.15, 0.2) is 0 Å². The van der Waals surface area contributed by atoms with Crippen molar-refractivity contribution in [3.63, 3.8) is 0 Å². The molecule has 0 spiro atoms. The van der Waals surface area contributed by atoms with E-state index in [9.17, 15) is 0 Å². The summed E-state index contributed by atoms with van der Waals surface area (Å²) in [5, 5.41) is 8.42. The number of nitrogens with zero attached hydrogens (tertiary/aromatic N) is 2. The number of hydrogen-bond donors (Lipinski definition) is 2. The Morgan fingerprint density at radius 3 is 2.71 bits per heavy atom. The fourth-order valence-electron chi connectivity index (χ4n) is 2.20. The van der Waals surface area contributed by atoms with Crippen LogP contribution in [-0.2, 0) is 0 Å². The largest absolute Gasteiger partial charge is 0.324 e. The van der Waals surface area contributed by atoms with Crippen LogP contribution in [0.4, 0.5) is 5.69 Å². The van der Waals surface area contributed by atoms with Crippen LogP contribution in [0.3, 0.4) is 0 Å². The van der Waals surface area contributed by atoms with Crippen LogP contribution in [0.2, 0.25) is 5.02 Å². The second kappa shape index (κ2) is 5.97. The zero-order chi connectivity index (χ0) is 14.7. The first kappa shape index (κ1) is 13.6. The van der Waals surface area contributed by atoms with Crippen molar-refractivity contribution in [3.05, 3.63) is 64.7 Å². The van der Waals surface area contributed by atoms with Gasteiger partial charge in [-0.1, -0.05) is 41.9 Å². The summed E-state index contributed by atoms with van der Waals surface area (Å²) in [5.41, 5.74) is 6.71. The van der Waals surface area contributed by atoms with E-state index in [4.69, 9.17) is 11.6 Å². The van der Waals surface area contributed by atoms with Crippen molar-refractivity contribution in [2.24, 2.45) is 10.1 Å². The molecule has 3 rings (SSSR count). The van der Waals surface area contributed by atoms with Gasteiger partial charge in [0.25, 0.3) is 0 Å². The van der Waals surface area contributed by atoms with Gasteiger partial charge in [0, 0.05) is 22.7 Å². The van der Waals surface area contributed by atoms with Gasteiger partial charge in [-0.3, -0.25) is 4.99 Å². The zero-order valence-corrected chi connectivity index (χ0v) is 12.4. The van der Waals surface area contributed by atoms with Crippen LogP contribution in [0.5, 0.6) is 0 Å². The van der Waals surface area contributed by atoms with Crippen molar-refractivity contribution in [1.29, 1.82) is 0 Å². The number of hydrazone groups is 1. The summed E-state index contributed by atoms with van der Waals surface area (Å²) in [6, 6.07) is 15.7. The molecule has 1 aliphatic heterocycles. The number of hydrogen-bond acceptors (Lipinski definition) is 2. The molecule has 0 bridgehead atoms. The summed E-state index contributed by atoms with van der Waals surface area (Å²) in [7, 11) is 0. The molecule has 2 aromatic rings. The average molecular weight is 299 g/mol. The van der Waals surface area contributed by atoms with Crippen LogP contribution in [-0.4, -0.2) is 18.2 Å². The van der Waals surface area contributed by atoms with Gasteiger partial charge < -0.3 is 5.32 Å². The fraction of sp³-hybridized carbons (Fsp3) is 0.125. The summed E-state index contributed by atoms with van der Waals surface area (Å²) in [5.74, 6) is 0.631. The molecule has 21 heavy (non-hydrogen) atoms. The van der Waals surface area contributed by atoms with Crippen LogP contribution in [0.1, 0.15) is 18.1 Å². The minimum atomic E-state index is 0.631. The van der Waals surface area contributed by atoms with E-state index >= 15 is 0 Å². The van der Waals surface area contributed by atoms with Gasteiger partial charge in [-0.2, -0.15) is 5.10 Å². The normalized spacial score (nSPS) is 15.5. The molecule has 2 N–H and O–H groups in total. The van der Waals surface area contributed by atoms with E-state index in [1.54, 1.807) is 0 Å². The maximum atomic E-state index is 6.15. The molecule has 106 valence electrons. The van der Waals surface area contributed by atoms with Gasteiger partial charge in [-0.05, 0) is 25.1 Å². The number of rotatable bonds is 2. The first-order chi connectivity index (χ1) is 10.3. The molecule has 5 heteroatoms. The molecule has 1 aliphatic rings. The molecule has 0 atom stereocenters. The number of halogens is 1. The summed E-state index contributed by atoms with van der Waals surface area (Å²) >= 11 is 6.15. The van der Waals surface area contributed by atoms with Crippen LogP contribution in [0.15, 0.2) is 58.6 Å². The van der Waals surface area contributed by atoms with Crippen LogP contribution in [0.25, 0.3) is 0 Å². The quantitative estimate of drug-likeness (QED) is 0.892. The van der Waals surface area contributed by atoms with Crippen molar-refractivity contribution in [1.82, 2.24) is 5.43 Å². The molecule has 4 nitrogen and oxygen atoms in total. The third-order valence-electron chi connectivity index (χ3n) is 3.13. The second-order valence-corrected chi connectivity index (χ2v) is 5.01. The Balaban J connectivity index is 2.15. The highest BCUT2D eigenvalue weighted by atomic mass is 35.5. The lowest BCUT2D eigenvalue weighted by Crippen LogP contribution is -2.25. The lowest BCUT2D eigenvalue weighted by Gasteiger charge is -2.10. The van der Waals surface area contributed by atoms with Gasteiger partial charge in [-0.15, -0.1) is 0 Å². The number of nitrogens with one attached hydrogen (secondary N) is 2. The third-order valence-corrected chi connectivity index (χ3v) is 3.36. The van der Waals surface area contributed by atoms with E-state index in [1.165, 1.54) is 0 Å². The molecule has 0 saturated carbocycles. The summed E-state index contributed by atoms with van der Waals surface area (Å²) < 4.78 is 0. The molecule has 0 radical (unpaired) electrons. The van der Waals surface area contributed by atoms with Gasteiger partial charge in [0.05, 0.1) is 11.4 Å². The maximum absolute atomic E-state index is 6.15. The summed E-state index contributed by atoms with van der Waals surface area (Å²) in [6.45, 7) is 2.65. The number of benzene rings is 2. The number of fused-ring (bicyclic) bond motifs is 1. The SMILES string of the molecule is CCN=C1NN=C(c2ccccc2)c2cc(Cl)ccc2N1. The lowest BCUT2D eigenvalue weighted by atomic mass is 10.0. The molecule has 0 amide bonds. The number of anilines is 1. The Labute approximate surface area is 128 Å². The predicted octanol–water partition coefficient (Wildman–Crippen LogP) is 3.48. The van der Waals surface area contributed by atoms with Crippen LogP contribution >= 0.6 is 11.6 Å². The highest BCUT2D eigenvalue weighted by Crippen LogP contribution is 2.25. The minimum Gasteiger partial charge on any atom is -0.324 e. The molecule has 1 heterocycles. The van der Waals surface area contributed by atoms with Crippen LogP contribution in [0, 0.1) is 0 Å². The topological polar surface area (TPSA) is 48.8 Å². The highest BCUT2D eigenvalue weighted by molar-refractivity contribution is 6.31. The van der Waals surface area contributed by atoms with Crippen molar-refractivity contribution in [3.8, 4) is 0 Å². The molecule has 0 unspecified atom stereocenters. The predicted molar refractivity (Wildman–Crippen MR) is 88.3 cm³/mol. The van der Waals surface area contributed by atoms with Gasteiger partial charge in [0.1, 0.15) is 0 Å². The van der Waals surface area contributed by atoms with E-state index < -0.39 is 0 Å². The first-order valence-electron chi connectivity index (χ1n) is 6.78. The Hall–Kier alpha value is -2.33. The Bertz CT molecular complexity index is 707. The van der Waals surface area contributed by atoms with Gasteiger partial charge in [0.2, 0.25) is 5.96 Å². The Morgan fingerprint density at radius 1 is 1.14 bits per heavy atom. The zero-order valence-electron chi connectivity index (χ0n) is 11.6. The summed E-state index contributed by atoms with van der Waals surface area (Å²) in [6.07, 6.45) is 0. The van der Waals surface area contributed by atoms with Gasteiger partial charge in [-0.25, -0.2) is 5.43 Å². The van der Waals surface area contributed by atoms with E-state index in [2.05, 4.69) is 20.8 Å². The monoisotopic (exact) mass is 298 g/mol. The molecule has 0 aliphatic carbocycles. The number of aliphatic imine (C=N–C) groups is 1. The van der Waals surface area contributed by atoms with Gasteiger partial charge >= 0.3 is 0 Å². The van der Waals surface area contributed by atoms with E-state index in [0.717, 1.165) is 22.5 Å². The van der Waals surface area contributed by atoms with Crippen LogP contribution < -0.4 is 10.7 Å². The first-order valence-corrected chi connectivity index (χ1v) is 7.16. The maximum Gasteiger partial charge on any atom is 0.216 e. The van der Waals surface area contributed by atoms with E-state index in [1.807, 2.05) is 55.5 Å². The second-order valence-electron chi connectivity index (χ2n) is 4.58. The smallest absolute Gasteiger partial charge is 0.216 e. The fourth-order valence-corrected chi connectivity index (χ4v) is 2.37. The third kappa shape index (κ3) is 2.90. The Kier molecular flexibility index (Phi) is 3.88.